The topological polar surface area (TPSA) is 109 Å². The number of hydrogen-bond donors (Lipinski definition) is 2. The molecule has 29 heavy (non-hydrogen) atoms. The van der Waals surface area contributed by atoms with Gasteiger partial charge in [-0.2, -0.15) is 4.98 Å². The van der Waals surface area contributed by atoms with Gasteiger partial charge in [0, 0.05) is 38.3 Å². The first-order chi connectivity index (χ1) is 13.3. The molecule has 9 nitrogen and oxygen atoms in total. The number of nitrogens with zero attached hydrogens (tertiary/aromatic N) is 5. The van der Waals surface area contributed by atoms with Crippen LogP contribution in [-0.2, 0) is 11.2 Å². The SMILES string of the molecule is CCNC(=NCCc1noc(-c2ccccn2)n1)N(C)CC(=O)NC(C)(C)C.I. The standard InChI is InChI=1S/C19H29N7O2.HI/c1-6-20-18(26(5)13-16(27)24-19(2,3)4)22-12-10-15-23-17(28-25-15)14-9-7-8-11-21-14;/h7-9,11H,6,10,12-13H2,1-5H3,(H,20,22)(H,24,27);1H. The van der Waals surface area contributed by atoms with Gasteiger partial charge in [0.1, 0.15) is 5.69 Å². The largest absolute Gasteiger partial charge is 0.357 e. The summed E-state index contributed by atoms with van der Waals surface area (Å²) in [6.45, 7) is 9.23. The fourth-order valence-electron chi connectivity index (χ4n) is 2.43. The van der Waals surface area contributed by atoms with Gasteiger partial charge in [-0.05, 0) is 39.8 Å². The second-order valence-electron chi connectivity index (χ2n) is 7.37. The van der Waals surface area contributed by atoms with E-state index in [2.05, 4.69) is 30.8 Å². The van der Waals surface area contributed by atoms with Crippen molar-refractivity contribution >= 4 is 35.8 Å². The normalized spacial score (nSPS) is 11.6. The lowest BCUT2D eigenvalue weighted by Crippen LogP contribution is -2.48. The van der Waals surface area contributed by atoms with Crippen LogP contribution in [0.4, 0.5) is 0 Å². The quantitative estimate of drug-likeness (QED) is 0.330. The van der Waals surface area contributed by atoms with Gasteiger partial charge in [0.05, 0.1) is 6.54 Å². The Morgan fingerprint density at radius 2 is 2.07 bits per heavy atom. The average Bonchev–Trinajstić information content (AvgIpc) is 3.09. The van der Waals surface area contributed by atoms with Crippen molar-refractivity contribution in [1.82, 2.24) is 30.7 Å². The molecule has 0 aliphatic heterocycles. The molecular weight excluding hydrogens is 485 g/mol. The van der Waals surface area contributed by atoms with Crippen LogP contribution < -0.4 is 10.6 Å². The Morgan fingerprint density at radius 1 is 1.31 bits per heavy atom. The number of pyridine rings is 1. The molecule has 0 saturated carbocycles. The van der Waals surface area contributed by atoms with Crippen molar-refractivity contribution in [3.63, 3.8) is 0 Å². The van der Waals surface area contributed by atoms with Gasteiger partial charge < -0.3 is 20.1 Å². The van der Waals surface area contributed by atoms with E-state index in [9.17, 15) is 4.79 Å². The van der Waals surface area contributed by atoms with Crippen LogP contribution in [0.5, 0.6) is 0 Å². The van der Waals surface area contributed by atoms with Crippen LogP contribution >= 0.6 is 24.0 Å². The molecule has 10 heteroatoms. The lowest BCUT2D eigenvalue weighted by molar-refractivity contribution is -0.122. The van der Waals surface area contributed by atoms with Gasteiger partial charge >= 0.3 is 0 Å². The number of carbonyl (C=O) groups excluding carboxylic acids is 1. The molecule has 2 rings (SSSR count). The fourth-order valence-corrected chi connectivity index (χ4v) is 2.43. The van der Waals surface area contributed by atoms with Crippen molar-refractivity contribution in [2.24, 2.45) is 4.99 Å². The van der Waals surface area contributed by atoms with Crippen molar-refractivity contribution < 1.29 is 9.32 Å². The molecule has 1 amide bonds. The summed E-state index contributed by atoms with van der Waals surface area (Å²) >= 11 is 0. The van der Waals surface area contributed by atoms with E-state index in [-0.39, 0.29) is 42.0 Å². The van der Waals surface area contributed by atoms with Gasteiger partial charge in [0.2, 0.25) is 5.91 Å². The molecule has 0 atom stereocenters. The molecule has 0 aliphatic rings. The molecule has 160 valence electrons. The van der Waals surface area contributed by atoms with Crippen LogP contribution in [-0.4, -0.2) is 64.1 Å². The minimum Gasteiger partial charge on any atom is -0.357 e. The van der Waals surface area contributed by atoms with Gasteiger partial charge in [-0.1, -0.05) is 11.2 Å². The van der Waals surface area contributed by atoms with Crippen LogP contribution in [0.15, 0.2) is 33.9 Å². The van der Waals surface area contributed by atoms with Crippen LogP contribution in [0, 0.1) is 0 Å². The maximum Gasteiger partial charge on any atom is 0.276 e. The molecule has 0 saturated heterocycles. The third kappa shape index (κ3) is 8.75. The Kier molecular flexibility index (Phi) is 9.99. The summed E-state index contributed by atoms with van der Waals surface area (Å²) in [7, 11) is 1.83. The van der Waals surface area contributed by atoms with Crippen molar-refractivity contribution in [2.45, 2.75) is 39.7 Å². The highest BCUT2D eigenvalue weighted by Gasteiger charge is 2.17. The number of aromatic nitrogens is 3. The second-order valence-corrected chi connectivity index (χ2v) is 7.37. The van der Waals surface area contributed by atoms with E-state index < -0.39 is 0 Å². The Labute approximate surface area is 188 Å². The number of carbonyl (C=O) groups is 1. The molecule has 0 fully saturated rings. The Morgan fingerprint density at radius 3 is 2.69 bits per heavy atom. The molecule has 0 aromatic carbocycles. The highest BCUT2D eigenvalue weighted by Crippen LogP contribution is 2.13. The Balaban J connectivity index is 0.00000420. The highest BCUT2D eigenvalue weighted by atomic mass is 127. The maximum atomic E-state index is 12.1. The van der Waals surface area contributed by atoms with E-state index in [1.807, 2.05) is 52.9 Å². The van der Waals surface area contributed by atoms with Gasteiger partial charge in [0.25, 0.3) is 5.89 Å². The van der Waals surface area contributed by atoms with E-state index in [4.69, 9.17) is 4.52 Å². The van der Waals surface area contributed by atoms with Gasteiger partial charge in [-0.3, -0.25) is 14.8 Å². The number of likely N-dealkylation sites (N-methyl/N-ethyl adjacent to an activating group) is 1. The predicted molar refractivity (Wildman–Crippen MR) is 123 cm³/mol. The third-order valence-electron chi connectivity index (χ3n) is 3.54. The van der Waals surface area contributed by atoms with E-state index in [0.717, 1.165) is 0 Å². The first-order valence-electron chi connectivity index (χ1n) is 9.33. The summed E-state index contributed by atoms with van der Waals surface area (Å²) < 4.78 is 5.25. The molecule has 0 radical (unpaired) electrons. The first-order valence-corrected chi connectivity index (χ1v) is 9.33. The Bertz CT molecular complexity index is 787. The number of guanidine groups is 1. The van der Waals surface area contributed by atoms with E-state index in [1.54, 1.807) is 11.1 Å². The lowest BCUT2D eigenvalue weighted by atomic mass is 10.1. The third-order valence-corrected chi connectivity index (χ3v) is 3.54. The van der Waals surface area contributed by atoms with Crippen LogP contribution in [0.1, 0.15) is 33.5 Å². The summed E-state index contributed by atoms with van der Waals surface area (Å²) in [6, 6.07) is 5.51. The second kappa shape index (κ2) is 11.7. The summed E-state index contributed by atoms with van der Waals surface area (Å²) in [6.07, 6.45) is 2.20. The minimum atomic E-state index is -0.267. The lowest BCUT2D eigenvalue weighted by Gasteiger charge is -2.25. The molecule has 2 aromatic rings. The summed E-state index contributed by atoms with van der Waals surface area (Å²) in [4.78, 5) is 27.0. The molecule has 0 unspecified atom stereocenters. The number of rotatable bonds is 7. The van der Waals surface area contributed by atoms with E-state index in [1.165, 1.54) is 0 Å². The zero-order valence-electron chi connectivity index (χ0n) is 17.6. The molecule has 0 bridgehead atoms. The zero-order chi connectivity index (χ0) is 20.6. The minimum absolute atomic E-state index is 0. The van der Waals surface area contributed by atoms with Crippen molar-refractivity contribution in [3.8, 4) is 11.6 Å². The first kappa shape index (κ1) is 24.8. The van der Waals surface area contributed by atoms with Crippen molar-refractivity contribution in [1.29, 1.82) is 0 Å². The van der Waals surface area contributed by atoms with Crippen molar-refractivity contribution in [3.05, 3.63) is 30.2 Å². The highest BCUT2D eigenvalue weighted by molar-refractivity contribution is 14.0. The summed E-state index contributed by atoms with van der Waals surface area (Å²) in [5.74, 6) is 1.55. The van der Waals surface area contributed by atoms with Crippen LogP contribution in [0.3, 0.4) is 0 Å². The maximum absolute atomic E-state index is 12.1. The van der Waals surface area contributed by atoms with Gasteiger partial charge in [0.15, 0.2) is 11.8 Å². The van der Waals surface area contributed by atoms with Gasteiger partial charge in [-0.15, -0.1) is 24.0 Å². The fraction of sp³-hybridized carbons (Fsp3) is 0.526. The zero-order valence-corrected chi connectivity index (χ0v) is 19.9. The van der Waals surface area contributed by atoms with Crippen LogP contribution in [0.25, 0.3) is 11.6 Å². The monoisotopic (exact) mass is 515 g/mol. The molecule has 2 N–H and O–H groups in total. The molecule has 0 aliphatic carbocycles. The van der Waals surface area contributed by atoms with Crippen molar-refractivity contribution in [2.75, 3.05) is 26.7 Å². The van der Waals surface area contributed by atoms with Gasteiger partial charge in [-0.25, -0.2) is 0 Å². The number of nitrogens with one attached hydrogen (secondary N) is 2. The molecular formula is C19H30IN7O2. The number of amides is 1. The predicted octanol–water partition coefficient (Wildman–Crippen LogP) is 2.10. The molecule has 2 aromatic heterocycles. The Hall–Kier alpha value is -2.24. The summed E-state index contributed by atoms with van der Waals surface area (Å²) in [5, 5.41) is 10.1. The van der Waals surface area contributed by atoms with E-state index in [0.29, 0.717) is 42.9 Å². The number of hydrogen-bond acceptors (Lipinski definition) is 6. The number of aliphatic imine (C=N–C) groups is 1. The van der Waals surface area contributed by atoms with E-state index >= 15 is 0 Å². The van der Waals surface area contributed by atoms with Crippen LogP contribution in [0.2, 0.25) is 0 Å². The molecule has 0 spiro atoms. The molecule has 2 heterocycles. The number of halogens is 1. The summed E-state index contributed by atoms with van der Waals surface area (Å²) in [5.41, 5.74) is 0.375. The average molecular weight is 515 g/mol. The smallest absolute Gasteiger partial charge is 0.276 e.